The van der Waals surface area contributed by atoms with Gasteiger partial charge < -0.3 is 10.4 Å². The molecule has 98 valence electrons. The number of aromatic hydroxyl groups is 1. The zero-order valence-corrected chi connectivity index (χ0v) is 13.7. The number of piperidine rings is 1. The van der Waals surface area contributed by atoms with E-state index in [2.05, 4.69) is 57.1 Å². The van der Waals surface area contributed by atoms with Crippen molar-refractivity contribution in [3.05, 3.63) is 26.1 Å². The van der Waals surface area contributed by atoms with Crippen LogP contribution in [0.2, 0.25) is 0 Å². The minimum absolute atomic E-state index is 0.153. The van der Waals surface area contributed by atoms with Crippen molar-refractivity contribution >= 4 is 31.9 Å². The van der Waals surface area contributed by atoms with Crippen LogP contribution in [0.3, 0.4) is 0 Å². The lowest BCUT2D eigenvalue weighted by Crippen LogP contribution is -2.56. The Kier molecular flexibility index (Phi) is 3.03. The lowest BCUT2D eigenvalue weighted by molar-refractivity contribution is 0.157. The largest absolute Gasteiger partial charge is 0.506 e. The van der Waals surface area contributed by atoms with Crippen molar-refractivity contribution < 1.29 is 5.11 Å². The van der Waals surface area contributed by atoms with E-state index in [9.17, 15) is 5.11 Å². The lowest BCUT2D eigenvalue weighted by atomic mass is 9.59. The van der Waals surface area contributed by atoms with Crippen molar-refractivity contribution in [2.75, 3.05) is 6.54 Å². The van der Waals surface area contributed by atoms with Crippen molar-refractivity contribution in [3.63, 3.8) is 0 Å². The zero-order chi connectivity index (χ0) is 13.1. The summed E-state index contributed by atoms with van der Waals surface area (Å²) in [7, 11) is 0. The van der Waals surface area contributed by atoms with Crippen LogP contribution in [-0.2, 0) is 11.8 Å². The molecule has 2 aliphatic rings. The second-order valence-corrected chi connectivity index (χ2v) is 7.42. The predicted molar refractivity (Wildman–Crippen MR) is 80.1 cm³/mol. The first-order valence-electron chi connectivity index (χ1n) is 6.39. The number of hydrogen-bond donors (Lipinski definition) is 2. The van der Waals surface area contributed by atoms with E-state index in [-0.39, 0.29) is 5.41 Å². The van der Waals surface area contributed by atoms with E-state index in [1.807, 2.05) is 0 Å². The Morgan fingerprint density at radius 1 is 1.44 bits per heavy atom. The van der Waals surface area contributed by atoms with Gasteiger partial charge in [0.05, 0.1) is 8.95 Å². The maximum Gasteiger partial charge on any atom is 0.144 e. The molecule has 0 aromatic heterocycles. The quantitative estimate of drug-likeness (QED) is 0.725. The number of halogens is 2. The second-order valence-electron chi connectivity index (χ2n) is 5.78. The van der Waals surface area contributed by atoms with Gasteiger partial charge in [0.2, 0.25) is 0 Å². The molecule has 2 bridgehead atoms. The van der Waals surface area contributed by atoms with Crippen LogP contribution in [-0.4, -0.2) is 17.7 Å². The number of fused-ring (bicyclic) bond motifs is 4. The Balaban J connectivity index is 2.27. The second kappa shape index (κ2) is 4.22. The standard InChI is InChI=1S/C14H17Br2NO/c1-7-10-6-8-5-9(15)13(18)12(16)11(8)14(7,2)3-4-17-10/h5,7,10,17-18H,3-4,6H2,1-2H3. The third-order valence-electron chi connectivity index (χ3n) is 4.95. The minimum Gasteiger partial charge on any atom is -0.506 e. The molecule has 0 amide bonds. The van der Waals surface area contributed by atoms with E-state index in [0.29, 0.717) is 17.7 Å². The van der Waals surface area contributed by atoms with Gasteiger partial charge in [-0.05, 0) is 79.8 Å². The van der Waals surface area contributed by atoms with Crippen molar-refractivity contribution in [2.24, 2.45) is 5.92 Å². The molecule has 1 heterocycles. The highest BCUT2D eigenvalue weighted by Crippen LogP contribution is 2.52. The van der Waals surface area contributed by atoms with Gasteiger partial charge in [-0.1, -0.05) is 13.8 Å². The topological polar surface area (TPSA) is 32.3 Å². The van der Waals surface area contributed by atoms with Crippen LogP contribution >= 0.6 is 31.9 Å². The summed E-state index contributed by atoms with van der Waals surface area (Å²) in [6.45, 7) is 5.72. The fourth-order valence-corrected chi connectivity index (χ4v) is 5.30. The van der Waals surface area contributed by atoms with Crippen molar-refractivity contribution in [1.82, 2.24) is 5.32 Å². The number of benzene rings is 1. The van der Waals surface area contributed by atoms with Gasteiger partial charge in [0.25, 0.3) is 0 Å². The number of hydrogen-bond acceptors (Lipinski definition) is 2. The number of phenolic OH excluding ortho intramolecular Hbond substituents is 1. The number of rotatable bonds is 0. The molecule has 0 saturated carbocycles. The summed E-state index contributed by atoms with van der Waals surface area (Å²) >= 11 is 7.04. The summed E-state index contributed by atoms with van der Waals surface area (Å²) in [6.07, 6.45) is 2.17. The van der Waals surface area contributed by atoms with E-state index < -0.39 is 0 Å². The molecule has 0 radical (unpaired) electrons. The van der Waals surface area contributed by atoms with Gasteiger partial charge in [-0.3, -0.25) is 0 Å². The third kappa shape index (κ3) is 1.61. The molecule has 1 fully saturated rings. The van der Waals surface area contributed by atoms with Crippen LogP contribution in [0.5, 0.6) is 5.75 Å². The highest BCUT2D eigenvalue weighted by Gasteiger charge is 2.47. The molecule has 18 heavy (non-hydrogen) atoms. The highest BCUT2D eigenvalue weighted by molar-refractivity contribution is 9.11. The first-order valence-corrected chi connectivity index (χ1v) is 7.97. The monoisotopic (exact) mass is 373 g/mol. The van der Waals surface area contributed by atoms with Crippen molar-refractivity contribution in [3.8, 4) is 5.75 Å². The van der Waals surface area contributed by atoms with Crippen LogP contribution in [0, 0.1) is 5.92 Å². The molecule has 1 aliphatic carbocycles. The Morgan fingerprint density at radius 3 is 2.89 bits per heavy atom. The van der Waals surface area contributed by atoms with E-state index in [0.717, 1.165) is 28.3 Å². The van der Waals surface area contributed by atoms with Crippen LogP contribution in [0.25, 0.3) is 0 Å². The minimum atomic E-state index is 0.153. The van der Waals surface area contributed by atoms with Gasteiger partial charge in [0, 0.05) is 6.04 Å². The summed E-state index contributed by atoms with van der Waals surface area (Å²) in [5, 5.41) is 13.8. The summed E-state index contributed by atoms with van der Waals surface area (Å²) < 4.78 is 1.66. The molecule has 0 spiro atoms. The molecular weight excluding hydrogens is 358 g/mol. The zero-order valence-electron chi connectivity index (χ0n) is 10.6. The van der Waals surface area contributed by atoms with Crippen molar-refractivity contribution in [2.45, 2.75) is 38.1 Å². The SMILES string of the molecule is CC1C2Cc3cc(Br)c(O)c(Br)c3C1(C)CCN2. The summed E-state index contributed by atoms with van der Waals surface area (Å²) in [5.74, 6) is 0.926. The van der Waals surface area contributed by atoms with E-state index in [1.54, 1.807) is 0 Å². The van der Waals surface area contributed by atoms with Crippen LogP contribution in [0.1, 0.15) is 31.4 Å². The molecule has 2 N–H and O–H groups in total. The normalized spacial score (nSPS) is 34.2. The molecule has 3 unspecified atom stereocenters. The average Bonchev–Trinajstić information content (AvgIpc) is 2.30. The van der Waals surface area contributed by atoms with Gasteiger partial charge in [-0.15, -0.1) is 0 Å². The van der Waals surface area contributed by atoms with E-state index in [4.69, 9.17) is 0 Å². The Morgan fingerprint density at radius 2 is 2.17 bits per heavy atom. The molecule has 1 aromatic rings. The predicted octanol–water partition coefficient (Wildman–Crippen LogP) is 3.73. The molecule has 1 aromatic carbocycles. The third-order valence-corrected chi connectivity index (χ3v) is 6.32. The van der Waals surface area contributed by atoms with Gasteiger partial charge in [0.15, 0.2) is 0 Å². The summed E-state index contributed by atoms with van der Waals surface area (Å²) in [4.78, 5) is 0. The molecule has 1 saturated heterocycles. The molecule has 3 rings (SSSR count). The van der Waals surface area contributed by atoms with Gasteiger partial charge in [0.1, 0.15) is 5.75 Å². The van der Waals surface area contributed by atoms with Crippen LogP contribution in [0.4, 0.5) is 0 Å². The van der Waals surface area contributed by atoms with Gasteiger partial charge in [-0.2, -0.15) is 0 Å². The van der Waals surface area contributed by atoms with Gasteiger partial charge >= 0.3 is 0 Å². The van der Waals surface area contributed by atoms with E-state index in [1.165, 1.54) is 11.1 Å². The molecule has 3 atom stereocenters. The lowest BCUT2D eigenvalue weighted by Gasteiger charge is -2.50. The van der Waals surface area contributed by atoms with Crippen molar-refractivity contribution in [1.29, 1.82) is 0 Å². The van der Waals surface area contributed by atoms with Gasteiger partial charge in [-0.25, -0.2) is 0 Å². The van der Waals surface area contributed by atoms with Crippen LogP contribution < -0.4 is 5.32 Å². The Bertz CT molecular complexity index is 517. The fraction of sp³-hybridized carbons (Fsp3) is 0.571. The fourth-order valence-electron chi connectivity index (χ4n) is 3.64. The first-order chi connectivity index (χ1) is 8.45. The Labute approximate surface area is 124 Å². The maximum atomic E-state index is 10.2. The van der Waals surface area contributed by atoms with E-state index >= 15 is 0 Å². The van der Waals surface area contributed by atoms with Crippen LogP contribution in [0.15, 0.2) is 15.0 Å². The molecule has 2 nitrogen and oxygen atoms in total. The molecule has 4 heteroatoms. The molecular formula is C14H17Br2NO. The summed E-state index contributed by atoms with van der Waals surface area (Å²) in [5.41, 5.74) is 2.82. The smallest absolute Gasteiger partial charge is 0.144 e. The first kappa shape index (κ1) is 12.9. The molecule has 1 aliphatic heterocycles. The maximum absolute atomic E-state index is 10.2. The number of phenols is 1. The summed E-state index contributed by atoms with van der Waals surface area (Å²) in [6, 6.07) is 2.64. The Hall–Kier alpha value is -0.0600. The number of nitrogens with one attached hydrogen (secondary N) is 1. The highest BCUT2D eigenvalue weighted by atomic mass is 79.9. The average molecular weight is 375 g/mol.